The van der Waals surface area contributed by atoms with E-state index in [0.29, 0.717) is 22.6 Å². The van der Waals surface area contributed by atoms with Crippen LogP contribution < -0.4 is 10.6 Å². The monoisotopic (exact) mass is 512 g/mol. The number of aromatic nitrogens is 4. The predicted molar refractivity (Wildman–Crippen MR) is 150 cm³/mol. The first-order valence-electron chi connectivity index (χ1n) is 12.8. The van der Waals surface area contributed by atoms with Crippen LogP contribution in [0.5, 0.6) is 0 Å². The fourth-order valence-corrected chi connectivity index (χ4v) is 5.63. The van der Waals surface area contributed by atoms with Gasteiger partial charge in [-0.05, 0) is 43.0 Å². The first-order valence-corrected chi connectivity index (χ1v) is 13.7. The van der Waals surface area contributed by atoms with E-state index in [1.54, 1.807) is 37.4 Å². The van der Waals surface area contributed by atoms with Gasteiger partial charge in [0.1, 0.15) is 12.1 Å². The zero-order valence-electron chi connectivity index (χ0n) is 21.4. The summed E-state index contributed by atoms with van der Waals surface area (Å²) in [7, 11) is 1.65. The second kappa shape index (κ2) is 11.3. The summed E-state index contributed by atoms with van der Waals surface area (Å²) in [5, 5.41) is 7.40. The number of carbonyl (C=O) groups is 1. The molecule has 3 heterocycles. The fraction of sp³-hybridized carbons (Fsp3) is 0.345. The Hall–Kier alpha value is -3.52. The van der Waals surface area contributed by atoms with Crippen molar-refractivity contribution in [3.8, 4) is 11.3 Å². The molecule has 1 saturated carbocycles. The number of pyridine rings is 2. The second-order valence-corrected chi connectivity index (χ2v) is 11.1. The smallest absolute Gasteiger partial charge is 0.251 e. The standard InChI is InChI=1S/C29H32N6OS/c1-18(19(2)37-26-9-5-8-22-23(29(36)30-3)11-13-32-28(22)26)16-33-27-15-25(34-17-35-27)21-10-12-31-24(14-21)20-6-4-7-20/h5,8-15,17-20H,4,6-7,16H2,1-3H3,(H,30,36)(H,33,34,35)/t18?,19-/m1/s1. The Morgan fingerprint density at radius 3 is 2.68 bits per heavy atom. The molecule has 0 radical (unpaired) electrons. The Bertz CT molecular complexity index is 1410. The van der Waals surface area contributed by atoms with E-state index in [9.17, 15) is 4.79 Å². The number of hydrogen-bond acceptors (Lipinski definition) is 7. The molecule has 3 aromatic heterocycles. The van der Waals surface area contributed by atoms with Crippen molar-refractivity contribution in [3.05, 3.63) is 72.4 Å². The molecule has 7 nitrogen and oxygen atoms in total. The molecule has 1 unspecified atom stereocenters. The zero-order valence-corrected chi connectivity index (χ0v) is 22.3. The summed E-state index contributed by atoms with van der Waals surface area (Å²) >= 11 is 1.78. The lowest BCUT2D eigenvalue weighted by molar-refractivity contribution is 0.0964. The lowest BCUT2D eigenvalue weighted by Gasteiger charge is -2.24. The van der Waals surface area contributed by atoms with E-state index >= 15 is 0 Å². The van der Waals surface area contributed by atoms with Crippen molar-refractivity contribution in [3.63, 3.8) is 0 Å². The number of thioether (sulfide) groups is 1. The summed E-state index contributed by atoms with van der Waals surface area (Å²) < 4.78 is 0. The van der Waals surface area contributed by atoms with Crippen molar-refractivity contribution >= 4 is 34.4 Å². The average molecular weight is 513 g/mol. The molecule has 0 spiro atoms. The molecule has 190 valence electrons. The van der Waals surface area contributed by atoms with Crippen molar-refractivity contribution in [1.29, 1.82) is 0 Å². The van der Waals surface area contributed by atoms with Crippen molar-refractivity contribution in [2.75, 3.05) is 18.9 Å². The first kappa shape index (κ1) is 25.1. The van der Waals surface area contributed by atoms with E-state index in [2.05, 4.69) is 56.5 Å². The van der Waals surface area contributed by atoms with Gasteiger partial charge in [-0.2, -0.15) is 0 Å². The first-order chi connectivity index (χ1) is 18.0. The van der Waals surface area contributed by atoms with Crippen LogP contribution in [0.3, 0.4) is 0 Å². The van der Waals surface area contributed by atoms with Gasteiger partial charge >= 0.3 is 0 Å². The summed E-state index contributed by atoms with van der Waals surface area (Å²) in [6.45, 7) is 5.23. The molecular weight excluding hydrogens is 480 g/mol. The van der Waals surface area contributed by atoms with E-state index in [4.69, 9.17) is 0 Å². The van der Waals surface area contributed by atoms with Gasteiger partial charge in [0.05, 0.1) is 16.8 Å². The lowest BCUT2D eigenvalue weighted by Crippen LogP contribution is -2.20. The van der Waals surface area contributed by atoms with Crippen LogP contribution in [0.1, 0.15) is 55.1 Å². The van der Waals surface area contributed by atoms with Gasteiger partial charge in [-0.15, -0.1) is 11.8 Å². The summed E-state index contributed by atoms with van der Waals surface area (Å²) in [5.74, 6) is 1.66. The Labute approximate surface area is 221 Å². The SMILES string of the molecule is CNC(=O)c1ccnc2c(S[C@H](C)C(C)CNc3cc(-c4ccnc(C5CCC5)c4)ncn3)cccc12. The van der Waals surface area contributed by atoms with Crippen molar-refractivity contribution in [2.45, 2.75) is 49.2 Å². The number of nitrogens with one attached hydrogen (secondary N) is 2. The summed E-state index contributed by atoms with van der Waals surface area (Å²) in [6.07, 6.45) is 8.96. The molecule has 0 saturated heterocycles. The topological polar surface area (TPSA) is 92.7 Å². The molecule has 1 aromatic carbocycles. The molecule has 8 heteroatoms. The van der Waals surface area contributed by atoms with Crippen LogP contribution in [0.15, 0.2) is 66.1 Å². The van der Waals surface area contributed by atoms with Crippen LogP contribution in [-0.4, -0.2) is 44.7 Å². The maximum absolute atomic E-state index is 12.3. The molecule has 1 aliphatic carbocycles. The molecule has 1 aliphatic rings. The van der Waals surface area contributed by atoms with E-state index < -0.39 is 0 Å². The molecule has 2 atom stereocenters. The number of carbonyl (C=O) groups excluding carboxylic acids is 1. The number of anilines is 1. The molecule has 1 amide bonds. The van der Waals surface area contributed by atoms with E-state index in [-0.39, 0.29) is 5.91 Å². The number of nitrogens with zero attached hydrogens (tertiary/aromatic N) is 4. The summed E-state index contributed by atoms with van der Waals surface area (Å²) in [5.41, 5.74) is 4.66. The van der Waals surface area contributed by atoms with Gasteiger partial charge < -0.3 is 10.6 Å². The quantitative estimate of drug-likeness (QED) is 0.268. The Kier molecular flexibility index (Phi) is 7.65. The van der Waals surface area contributed by atoms with Gasteiger partial charge in [0.25, 0.3) is 5.91 Å². The number of amides is 1. The molecule has 5 rings (SSSR count). The number of hydrogen-bond donors (Lipinski definition) is 2. The highest BCUT2D eigenvalue weighted by molar-refractivity contribution is 8.00. The van der Waals surface area contributed by atoms with Crippen LogP contribution in [0.25, 0.3) is 22.2 Å². The van der Waals surface area contributed by atoms with Crippen molar-refractivity contribution < 1.29 is 4.79 Å². The minimum atomic E-state index is -0.101. The Balaban J connectivity index is 1.25. The van der Waals surface area contributed by atoms with Gasteiger partial charge in [0, 0.05) is 64.8 Å². The summed E-state index contributed by atoms with van der Waals surface area (Å²) in [6, 6.07) is 14.0. The maximum Gasteiger partial charge on any atom is 0.251 e. The Morgan fingerprint density at radius 2 is 1.89 bits per heavy atom. The van der Waals surface area contributed by atoms with Crippen LogP contribution in [0.4, 0.5) is 5.82 Å². The minimum Gasteiger partial charge on any atom is -0.370 e. The van der Waals surface area contributed by atoms with E-state index in [1.807, 2.05) is 30.5 Å². The highest BCUT2D eigenvalue weighted by Crippen LogP contribution is 2.36. The molecule has 0 bridgehead atoms. The molecular formula is C29H32N6OS. The normalized spacial score (nSPS) is 15.1. The third-order valence-corrected chi connectivity index (χ3v) is 8.61. The molecule has 2 N–H and O–H groups in total. The predicted octanol–water partition coefficient (Wildman–Crippen LogP) is 5.94. The highest BCUT2D eigenvalue weighted by atomic mass is 32.2. The Morgan fingerprint density at radius 1 is 1.05 bits per heavy atom. The third kappa shape index (κ3) is 5.59. The lowest BCUT2D eigenvalue weighted by atomic mass is 9.82. The second-order valence-electron chi connectivity index (χ2n) is 9.66. The van der Waals surface area contributed by atoms with Crippen molar-refractivity contribution in [1.82, 2.24) is 25.3 Å². The molecule has 4 aromatic rings. The number of rotatable bonds is 9. The molecule has 1 fully saturated rings. The fourth-order valence-electron chi connectivity index (χ4n) is 4.47. The largest absolute Gasteiger partial charge is 0.370 e. The van der Waals surface area contributed by atoms with Gasteiger partial charge in [-0.1, -0.05) is 32.4 Å². The highest BCUT2D eigenvalue weighted by Gasteiger charge is 2.21. The number of para-hydroxylation sites is 1. The van der Waals surface area contributed by atoms with Gasteiger partial charge in [0.2, 0.25) is 0 Å². The van der Waals surface area contributed by atoms with Gasteiger partial charge in [0.15, 0.2) is 0 Å². The minimum absolute atomic E-state index is 0.101. The van der Waals surface area contributed by atoms with Crippen LogP contribution in [0.2, 0.25) is 0 Å². The zero-order chi connectivity index (χ0) is 25.8. The molecule has 37 heavy (non-hydrogen) atoms. The summed E-state index contributed by atoms with van der Waals surface area (Å²) in [4.78, 5) is 31.5. The average Bonchev–Trinajstić information content (AvgIpc) is 2.90. The van der Waals surface area contributed by atoms with Gasteiger partial charge in [-0.25, -0.2) is 9.97 Å². The van der Waals surface area contributed by atoms with E-state index in [1.165, 1.54) is 25.0 Å². The number of benzene rings is 1. The van der Waals surface area contributed by atoms with Crippen LogP contribution in [-0.2, 0) is 0 Å². The van der Waals surface area contributed by atoms with Crippen LogP contribution >= 0.6 is 11.8 Å². The van der Waals surface area contributed by atoms with Crippen molar-refractivity contribution in [2.24, 2.45) is 5.92 Å². The number of fused-ring (bicyclic) bond motifs is 1. The third-order valence-electron chi connectivity index (χ3n) is 7.19. The van der Waals surface area contributed by atoms with E-state index in [0.717, 1.165) is 39.4 Å². The maximum atomic E-state index is 12.3. The van der Waals surface area contributed by atoms with Gasteiger partial charge in [-0.3, -0.25) is 14.8 Å². The molecule has 0 aliphatic heterocycles. The van der Waals surface area contributed by atoms with Crippen LogP contribution in [0, 0.1) is 5.92 Å².